The van der Waals surface area contributed by atoms with Crippen LogP contribution in [0.5, 0.6) is 0 Å². The molecule has 0 spiro atoms. The Morgan fingerprint density at radius 3 is 2.54 bits per heavy atom. The summed E-state index contributed by atoms with van der Waals surface area (Å²) in [5, 5.41) is 0. The summed E-state index contributed by atoms with van der Waals surface area (Å²) >= 11 is -2.10. The number of rotatable bonds is 3. The zero-order valence-electron chi connectivity index (χ0n) is 6.67. The van der Waals surface area contributed by atoms with Crippen LogP contribution in [-0.4, -0.2) is 8.76 Å². The molecule has 1 atom stereocenters. The molecule has 0 saturated carbocycles. The molecule has 0 fully saturated rings. The van der Waals surface area contributed by atoms with Crippen molar-refractivity contribution in [2.24, 2.45) is 0 Å². The molecule has 1 aromatic rings. The standard InChI is InChI=1S/C8H8F2O2S/c9-4-6-2-1-3-7(8(6)10)5-13(11)12/h1-3H,4-5H2,(H,11,12). The average molecular weight is 206 g/mol. The molecular weight excluding hydrogens is 198 g/mol. The van der Waals surface area contributed by atoms with Crippen molar-refractivity contribution in [1.29, 1.82) is 0 Å². The van der Waals surface area contributed by atoms with Crippen molar-refractivity contribution in [1.82, 2.24) is 0 Å². The van der Waals surface area contributed by atoms with Crippen LogP contribution in [-0.2, 0) is 23.5 Å². The van der Waals surface area contributed by atoms with E-state index in [1.165, 1.54) is 18.2 Å². The molecule has 0 aliphatic rings. The zero-order chi connectivity index (χ0) is 9.84. The van der Waals surface area contributed by atoms with Gasteiger partial charge in [0.25, 0.3) is 0 Å². The first kappa shape index (κ1) is 10.3. The summed E-state index contributed by atoms with van der Waals surface area (Å²) in [5.74, 6) is -1.04. The van der Waals surface area contributed by atoms with E-state index in [1.807, 2.05) is 0 Å². The second-order valence-electron chi connectivity index (χ2n) is 2.49. The Bertz CT molecular complexity index is 328. The lowest BCUT2D eigenvalue weighted by Gasteiger charge is -2.02. The molecule has 1 aromatic carbocycles. The van der Waals surface area contributed by atoms with Crippen molar-refractivity contribution in [3.63, 3.8) is 0 Å². The van der Waals surface area contributed by atoms with Crippen LogP contribution in [0.25, 0.3) is 0 Å². The zero-order valence-corrected chi connectivity index (χ0v) is 7.48. The fourth-order valence-electron chi connectivity index (χ4n) is 0.981. The molecule has 0 aliphatic heterocycles. The first-order chi connectivity index (χ1) is 6.15. The van der Waals surface area contributed by atoms with E-state index in [9.17, 15) is 13.0 Å². The summed E-state index contributed by atoms with van der Waals surface area (Å²) in [4.78, 5) is 0. The minimum Gasteiger partial charge on any atom is -0.306 e. The van der Waals surface area contributed by atoms with Crippen LogP contribution in [0.1, 0.15) is 11.1 Å². The van der Waals surface area contributed by atoms with Gasteiger partial charge in [-0.15, -0.1) is 0 Å². The maximum Gasteiger partial charge on any atom is 0.157 e. The van der Waals surface area contributed by atoms with Crippen molar-refractivity contribution in [2.75, 3.05) is 0 Å². The lowest BCUT2D eigenvalue weighted by atomic mass is 10.1. The Kier molecular flexibility index (Phi) is 3.50. The molecule has 0 aliphatic carbocycles. The van der Waals surface area contributed by atoms with Gasteiger partial charge >= 0.3 is 0 Å². The van der Waals surface area contributed by atoms with Crippen molar-refractivity contribution < 1.29 is 17.5 Å². The molecule has 1 unspecified atom stereocenters. The van der Waals surface area contributed by atoms with Crippen LogP contribution in [0, 0.1) is 5.82 Å². The Morgan fingerprint density at radius 2 is 2.00 bits per heavy atom. The Balaban J connectivity index is 3.01. The van der Waals surface area contributed by atoms with E-state index in [1.54, 1.807) is 0 Å². The molecule has 1 N–H and O–H groups in total. The van der Waals surface area contributed by atoms with Crippen molar-refractivity contribution in [2.45, 2.75) is 12.4 Å². The van der Waals surface area contributed by atoms with E-state index in [0.29, 0.717) is 0 Å². The van der Waals surface area contributed by atoms with Gasteiger partial charge in [-0.25, -0.2) is 13.0 Å². The molecule has 0 heterocycles. The number of halogens is 2. The summed E-state index contributed by atoms with van der Waals surface area (Å²) in [7, 11) is 0. The first-order valence-corrected chi connectivity index (χ1v) is 4.82. The predicted octanol–water partition coefficient (Wildman–Crippen LogP) is 2.02. The number of alkyl halides is 1. The van der Waals surface area contributed by atoms with Gasteiger partial charge in [-0.1, -0.05) is 18.2 Å². The normalized spacial score (nSPS) is 12.8. The number of benzene rings is 1. The highest BCUT2D eigenvalue weighted by Crippen LogP contribution is 2.15. The van der Waals surface area contributed by atoms with Crippen LogP contribution in [0.3, 0.4) is 0 Å². The van der Waals surface area contributed by atoms with Crippen LogP contribution in [0.2, 0.25) is 0 Å². The van der Waals surface area contributed by atoms with Gasteiger partial charge < -0.3 is 4.55 Å². The first-order valence-electron chi connectivity index (χ1n) is 3.55. The molecular formula is C8H8F2O2S. The van der Waals surface area contributed by atoms with E-state index in [-0.39, 0.29) is 16.9 Å². The van der Waals surface area contributed by atoms with Gasteiger partial charge in [-0.05, 0) is 0 Å². The molecule has 0 amide bonds. The highest BCUT2D eigenvalue weighted by atomic mass is 32.2. The van der Waals surface area contributed by atoms with Crippen molar-refractivity contribution in [3.05, 3.63) is 35.1 Å². The van der Waals surface area contributed by atoms with Gasteiger partial charge in [-0.2, -0.15) is 0 Å². The van der Waals surface area contributed by atoms with Crippen LogP contribution in [0.4, 0.5) is 8.78 Å². The highest BCUT2D eigenvalue weighted by molar-refractivity contribution is 7.78. The third-order valence-corrected chi connectivity index (χ3v) is 2.14. The van der Waals surface area contributed by atoms with E-state index >= 15 is 0 Å². The quantitative estimate of drug-likeness (QED) is 0.768. The lowest BCUT2D eigenvalue weighted by Crippen LogP contribution is -1.99. The van der Waals surface area contributed by atoms with Crippen LogP contribution >= 0.6 is 0 Å². The summed E-state index contributed by atoms with van der Waals surface area (Å²) in [6.45, 7) is -0.905. The highest BCUT2D eigenvalue weighted by Gasteiger charge is 2.09. The summed E-state index contributed by atoms with van der Waals surface area (Å²) in [6.07, 6.45) is 0. The maximum atomic E-state index is 13.1. The molecule has 1 rings (SSSR count). The topological polar surface area (TPSA) is 37.3 Å². The SMILES string of the molecule is O=S(O)Cc1cccc(CF)c1F. The molecule has 2 nitrogen and oxygen atoms in total. The third kappa shape index (κ3) is 2.57. The van der Waals surface area contributed by atoms with Gasteiger partial charge in [0.15, 0.2) is 11.1 Å². The number of hydrogen-bond donors (Lipinski definition) is 1. The Labute approximate surface area is 76.9 Å². The number of hydrogen-bond acceptors (Lipinski definition) is 1. The van der Waals surface area contributed by atoms with Gasteiger partial charge in [-0.3, -0.25) is 0 Å². The molecule has 0 aromatic heterocycles. The molecule has 0 bridgehead atoms. The predicted molar refractivity (Wildman–Crippen MR) is 45.7 cm³/mol. The lowest BCUT2D eigenvalue weighted by molar-refractivity contribution is 0.461. The van der Waals surface area contributed by atoms with Gasteiger partial charge in [0.1, 0.15) is 12.5 Å². The molecule has 72 valence electrons. The summed E-state index contributed by atoms with van der Waals surface area (Å²) in [6, 6.07) is 4.13. The third-order valence-electron chi connectivity index (χ3n) is 1.58. The Morgan fingerprint density at radius 1 is 1.38 bits per heavy atom. The van der Waals surface area contributed by atoms with Crippen LogP contribution in [0.15, 0.2) is 18.2 Å². The van der Waals surface area contributed by atoms with Crippen molar-refractivity contribution >= 4 is 11.1 Å². The summed E-state index contributed by atoms with van der Waals surface area (Å²) < 4.78 is 44.1. The minimum atomic E-state index is -2.10. The fourth-order valence-corrected chi connectivity index (χ4v) is 1.47. The minimum absolute atomic E-state index is 0.0657. The second-order valence-corrected chi connectivity index (χ2v) is 3.42. The van der Waals surface area contributed by atoms with E-state index in [0.717, 1.165) is 0 Å². The molecule has 5 heteroatoms. The van der Waals surface area contributed by atoms with Gasteiger partial charge in [0.2, 0.25) is 0 Å². The molecule has 0 saturated heterocycles. The second kappa shape index (κ2) is 4.43. The monoisotopic (exact) mass is 206 g/mol. The summed E-state index contributed by atoms with van der Waals surface area (Å²) in [5.41, 5.74) is -0.0149. The van der Waals surface area contributed by atoms with Crippen molar-refractivity contribution in [3.8, 4) is 0 Å². The Hall–Kier alpha value is -0.810. The van der Waals surface area contributed by atoms with E-state index < -0.39 is 23.6 Å². The van der Waals surface area contributed by atoms with Gasteiger partial charge in [0.05, 0.1) is 5.75 Å². The molecule has 0 radical (unpaired) electrons. The van der Waals surface area contributed by atoms with E-state index in [2.05, 4.69) is 0 Å². The largest absolute Gasteiger partial charge is 0.306 e. The van der Waals surface area contributed by atoms with Gasteiger partial charge in [0, 0.05) is 11.1 Å². The fraction of sp³-hybridized carbons (Fsp3) is 0.250. The molecule has 13 heavy (non-hydrogen) atoms. The van der Waals surface area contributed by atoms with Crippen LogP contribution < -0.4 is 0 Å². The average Bonchev–Trinajstić information content (AvgIpc) is 2.08. The maximum absolute atomic E-state index is 13.1. The van der Waals surface area contributed by atoms with E-state index in [4.69, 9.17) is 4.55 Å². The smallest absolute Gasteiger partial charge is 0.157 e.